The van der Waals surface area contributed by atoms with Crippen LogP contribution >= 0.6 is 28.3 Å². The molecule has 0 aromatic heterocycles. The van der Waals surface area contributed by atoms with Gasteiger partial charge in [0, 0.05) is 11.0 Å². The minimum absolute atomic E-state index is 0. The van der Waals surface area contributed by atoms with Gasteiger partial charge in [-0.25, -0.2) is 4.39 Å². The number of benzene rings is 1. The summed E-state index contributed by atoms with van der Waals surface area (Å²) < 4.78 is 14.1. The quantitative estimate of drug-likeness (QED) is 0.879. The van der Waals surface area contributed by atoms with Gasteiger partial charge < -0.3 is 10.6 Å². The standard InChI is InChI=1S/C13H16BrFN2O.ClH/c14-10-4-1-5-11(15)12(10)13(18)17-8-9-3-2-6-16-7-9;/h1,4-5,9,16H,2-3,6-8H2,(H,17,18);1H. The highest BCUT2D eigenvalue weighted by atomic mass is 79.9. The molecule has 0 radical (unpaired) electrons. The van der Waals surface area contributed by atoms with Crippen LogP contribution in [-0.2, 0) is 0 Å². The highest BCUT2D eigenvalue weighted by molar-refractivity contribution is 9.10. The summed E-state index contributed by atoms with van der Waals surface area (Å²) in [6.07, 6.45) is 2.23. The van der Waals surface area contributed by atoms with Crippen LogP contribution in [0.3, 0.4) is 0 Å². The van der Waals surface area contributed by atoms with Crippen molar-refractivity contribution in [2.24, 2.45) is 5.92 Å². The predicted molar refractivity (Wildman–Crippen MR) is 79.3 cm³/mol. The first kappa shape index (κ1) is 16.4. The smallest absolute Gasteiger partial charge is 0.255 e. The Morgan fingerprint density at radius 3 is 2.95 bits per heavy atom. The fourth-order valence-electron chi connectivity index (χ4n) is 2.14. The summed E-state index contributed by atoms with van der Waals surface area (Å²) in [6, 6.07) is 4.53. The lowest BCUT2D eigenvalue weighted by molar-refractivity contribution is 0.0940. The van der Waals surface area contributed by atoms with E-state index in [9.17, 15) is 9.18 Å². The summed E-state index contributed by atoms with van der Waals surface area (Å²) in [5.41, 5.74) is 0.0845. The maximum atomic E-state index is 13.6. The van der Waals surface area contributed by atoms with E-state index in [1.54, 1.807) is 12.1 Å². The number of halogens is 3. The molecule has 2 N–H and O–H groups in total. The summed E-state index contributed by atoms with van der Waals surface area (Å²) in [7, 11) is 0. The molecule has 0 bridgehead atoms. The molecule has 1 aliphatic rings. The predicted octanol–water partition coefficient (Wildman–Crippen LogP) is 2.74. The SMILES string of the molecule is Cl.O=C(NCC1CCCNC1)c1c(F)cccc1Br. The van der Waals surface area contributed by atoms with Crippen LogP contribution in [0.1, 0.15) is 23.2 Å². The Kier molecular flexibility index (Phi) is 6.75. The van der Waals surface area contributed by atoms with E-state index in [1.165, 1.54) is 6.07 Å². The molecule has 1 heterocycles. The number of rotatable bonds is 3. The van der Waals surface area contributed by atoms with E-state index in [0.29, 0.717) is 16.9 Å². The molecule has 1 aromatic rings. The molecule has 0 saturated carbocycles. The molecular weight excluding hydrogens is 335 g/mol. The monoisotopic (exact) mass is 350 g/mol. The van der Waals surface area contributed by atoms with Gasteiger partial charge >= 0.3 is 0 Å². The molecule has 1 amide bonds. The van der Waals surface area contributed by atoms with Crippen LogP contribution in [0.5, 0.6) is 0 Å². The Labute approximate surface area is 126 Å². The summed E-state index contributed by atoms with van der Waals surface area (Å²) in [5.74, 6) is -0.414. The minimum atomic E-state index is -0.497. The molecule has 1 fully saturated rings. The van der Waals surface area contributed by atoms with Crippen molar-refractivity contribution < 1.29 is 9.18 Å². The minimum Gasteiger partial charge on any atom is -0.352 e. The third kappa shape index (κ3) is 4.44. The number of nitrogens with one attached hydrogen (secondary N) is 2. The van der Waals surface area contributed by atoms with Crippen molar-refractivity contribution in [3.63, 3.8) is 0 Å². The lowest BCUT2D eigenvalue weighted by Gasteiger charge is -2.23. The maximum Gasteiger partial charge on any atom is 0.255 e. The summed E-state index contributed by atoms with van der Waals surface area (Å²) in [5, 5.41) is 6.09. The van der Waals surface area contributed by atoms with E-state index >= 15 is 0 Å². The lowest BCUT2D eigenvalue weighted by Crippen LogP contribution is -2.38. The molecule has 2 rings (SSSR count). The summed E-state index contributed by atoms with van der Waals surface area (Å²) in [6.45, 7) is 2.55. The van der Waals surface area contributed by atoms with Gasteiger partial charge in [0.2, 0.25) is 0 Å². The Balaban J connectivity index is 0.00000180. The van der Waals surface area contributed by atoms with Crippen molar-refractivity contribution in [1.29, 1.82) is 0 Å². The zero-order valence-electron chi connectivity index (χ0n) is 10.4. The average molecular weight is 352 g/mol. The molecule has 3 nitrogen and oxygen atoms in total. The van der Waals surface area contributed by atoms with Gasteiger partial charge in [0.25, 0.3) is 5.91 Å². The first-order valence-corrected chi connectivity index (χ1v) is 6.90. The largest absolute Gasteiger partial charge is 0.352 e. The van der Waals surface area contributed by atoms with Crippen molar-refractivity contribution in [1.82, 2.24) is 10.6 Å². The fraction of sp³-hybridized carbons (Fsp3) is 0.462. The molecule has 106 valence electrons. The Morgan fingerprint density at radius 1 is 1.53 bits per heavy atom. The third-order valence-corrected chi connectivity index (χ3v) is 3.80. The van der Waals surface area contributed by atoms with Gasteiger partial charge in [-0.3, -0.25) is 4.79 Å². The molecule has 6 heteroatoms. The van der Waals surface area contributed by atoms with Gasteiger partial charge in [-0.15, -0.1) is 12.4 Å². The van der Waals surface area contributed by atoms with E-state index in [0.717, 1.165) is 25.9 Å². The van der Waals surface area contributed by atoms with Gasteiger partial charge in [0.15, 0.2) is 0 Å². The molecule has 1 unspecified atom stereocenters. The van der Waals surface area contributed by atoms with Crippen molar-refractivity contribution in [2.75, 3.05) is 19.6 Å². The van der Waals surface area contributed by atoms with E-state index in [-0.39, 0.29) is 23.9 Å². The number of hydrogen-bond donors (Lipinski definition) is 2. The number of hydrogen-bond acceptors (Lipinski definition) is 2. The number of carbonyl (C=O) groups excluding carboxylic acids is 1. The molecule has 1 aliphatic heterocycles. The van der Waals surface area contributed by atoms with Gasteiger partial charge in [0.05, 0.1) is 5.56 Å². The zero-order valence-corrected chi connectivity index (χ0v) is 12.8. The van der Waals surface area contributed by atoms with Crippen molar-refractivity contribution in [2.45, 2.75) is 12.8 Å². The second-order valence-electron chi connectivity index (χ2n) is 4.52. The van der Waals surface area contributed by atoms with Crippen LogP contribution < -0.4 is 10.6 Å². The van der Waals surface area contributed by atoms with Gasteiger partial charge in [-0.2, -0.15) is 0 Å². The highest BCUT2D eigenvalue weighted by Gasteiger charge is 2.18. The summed E-state index contributed by atoms with van der Waals surface area (Å²) >= 11 is 3.20. The second kappa shape index (κ2) is 7.82. The normalized spacial score (nSPS) is 18.5. The number of piperidine rings is 1. The van der Waals surface area contributed by atoms with Gasteiger partial charge in [0.1, 0.15) is 5.82 Å². The van der Waals surface area contributed by atoms with Crippen molar-refractivity contribution in [3.05, 3.63) is 34.1 Å². The first-order valence-electron chi connectivity index (χ1n) is 6.11. The number of carbonyl (C=O) groups is 1. The topological polar surface area (TPSA) is 41.1 Å². The first-order chi connectivity index (χ1) is 8.68. The molecule has 19 heavy (non-hydrogen) atoms. The molecule has 1 atom stereocenters. The van der Waals surface area contributed by atoms with E-state index < -0.39 is 5.82 Å². The molecule has 1 aromatic carbocycles. The van der Waals surface area contributed by atoms with Crippen LogP contribution in [0.2, 0.25) is 0 Å². The third-order valence-electron chi connectivity index (χ3n) is 3.14. The van der Waals surface area contributed by atoms with E-state index in [4.69, 9.17) is 0 Å². The van der Waals surface area contributed by atoms with Gasteiger partial charge in [-0.05, 0) is 59.9 Å². The molecule has 0 spiro atoms. The van der Waals surface area contributed by atoms with E-state index in [1.807, 2.05) is 0 Å². The molecular formula is C13H17BrClFN2O. The van der Waals surface area contributed by atoms with Crippen LogP contribution in [-0.4, -0.2) is 25.5 Å². The van der Waals surface area contributed by atoms with Gasteiger partial charge in [-0.1, -0.05) is 6.07 Å². The van der Waals surface area contributed by atoms with Crippen LogP contribution in [0.25, 0.3) is 0 Å². The van der Waals surface area contributed by atoms with Crippen molar-refractivity contribution >= 4 is 34.2 Å². The highest BCUT2D eigenvalue weighted by Crippen LogP contribution is 2.19. The Morgan fingerprint density at radius 2 is 2.32 bits per heavy atom. The molecule has 1 saturated heterocycles. The van der Waals surface area contributed by atoms with Crippen LogP contribution in [0.15, 0.2) is 22.7 Å². The zero-order chi connectivity index (χ0) is 13.0. The molecule has 0 aliphatic carbocycles. The van der Waals surface area contributed by atoms with Crippen LogP contribution in [0.4, 0.5) is 4.39 Å². The average Bonchev–Trinajstić information content (AvgIpc) is 2.37. The second-order valence-corrected chi connectivity index (χ2v) is 5.37. The maximum absolute atomic E-state index is 13.6. The Bertz CT molecular complexity index is 418. The Hall–Kier alpha value is -0.650. The van der Waals surface area contributed by atoms with Crippen molar-refractivity contribution in [3.8, 4) is 0 Å². The van der Waals surface area contributed by atoms with E-state index in [2.05, 4.69) is 26.6 Å². The number of amides is 1. The lowest BCUT2D eigenvalue weighted by atomic mass is 9.99. The van der Waals surface area contributed by atoms with Crippen LogP contribution in [0, 0.1) is 11.7 Å². The summed E-state index contributed by atoms with van der Waals surface area (Å²) in [4.78, 5) is 11.9. The fourth-order valence-corrected chi connectivity index (χ4v) is 2.66.